The van der Waals surface area contributed by atoms with Crippen LogP contribution in [0.25, 0.3) is 0 Å². The maximum absolute atomic E-state index is 13.5. The second-order valence-corrected chi connectivity index (χ2v) is 10.4. The molecule has 2 fully saturated rings. The normalized spacial score (nSPS) is 22.8. The predicted molar refractivity (Wildman–Crippen MR) is 114 cm³/mol. The molecule has 0 aliphatic carbocycles. The molecule has 0 spiro atoms. The third-order valence-corrected chi connectivity index (χ3v) is 5.91. The van der Waals surface area contributed by atoms with E-state index in [1.54, 1.807) is 0 Å². The summed E-state index contributed by atoms with van der Waals surface area (Å²) in [6.07, 6.45) is 3.41. The molecule has 0 saturated carbocycles. The van der Waals surface area contributed by atoms with Crippen molar-refractivity contribution in [1.29, 1.82) is 0 Å². The van der Waals surface area contributed by atoms with Crippen molar-refractivity contribution in [2.75, 3.05) is 26.2 Å². The Morgan fingerprint density at radius 2 is 1.79 bits per heavy atom. The van der Waals surface area contributed by atoms with Crippen LogP contribution >= 0.6 is 0 Å². The van der Waals surface area contributed by atoms with Crippen LogP contribution in [0.4, 0.5) is 0 Å². The van der Waals surface area contributed by atoms with E-state index in [4.69, 9.17) is 5.73 Å². The smallest absolute Gasteiger partial charge is 0.245 e. The van der Waals surface area contributed by atoms with Crippen molar-refractivity contribution >= 4 is 17.7 Å². The molecule has 3 amide bonds. The molecule has 29 heavy (non-hydrogen) atoms. The second-order valence-electron chi connectivity index (χ2n) is 10.4. The first-order chi connectivity index (χ1) is 13.5. The zero-order chi connectivity index (χ0) is 21.8. The molecule has 2 saturated heterocycles. The summed E-state index contributed by atoms with van der Waals surface area (Å²) in [4.78, 5) is 41.6. The molecule has 7 nitrogen and oxygen atoms in total. The van der Waals surface area contributed by atoms with Crippen LogP contribution in [0.2, 0.25) is 0 Å². The Morgan fingerprint density at radius 1 is 1.17 bits per heavy atom. The molecule has 2 unspecified atom stereocenters. The number of nitrogens with zero attached hydrogens (tertiary/aromatic N) is 2. The summed E-state index contributed by atoms with van der Waals surface area (Å²) in [7, 11) is 0. The molecule has 2 aliphatic rings. The zero-order valence-electron chi connectivity index (χ0n) is 18.9. The van der Waals surface area contributed by atoms with Gasteiger partial charge in [-0.3, -0.25) is 14.4 Å². The number of carbonyl (C=O) groups excluding carboxylic acids is 3. The minimum atomic E-state index is -0.424. The molecule has 0 bridgehead atoms. The van der Waals surface area contributed by atoms with Gasteiger partial charge >= 0.3 is 0 Å². The number of nitrogens with two attached hydrogens (primary N) is 1. The molecule has 0 aromatic carbocycles. The molecule has 0 aromatic heterocycles. The van der Waals surface area contributed by atoms with Gasteiger partial charge in [-0.25, -0.2) is 0 Å². The predicted octanol–water partition coefficient (Wildman–Crippen LogP) is 1.75. The van der Waals surface area contributed by atoms with E-state index in [1.807, 2.05) is 9.80 Å². The minimum Gasteiger partial charge on any atom is -0.370 e. The van der Waals surface area contributed by atoms with Gasteiger partial charge in [0, 0.05) is 32.6 Å². The van der Waals surface area contributed by atoms with Gasteiger partial charge in [0.1, 0.15) is 6.04 Å². The summed E-state index contributed by atoms with van der Waals surface area (Å²) in [6, 6.07) is -0.632. The van der Waals surface area contributed by atoms with Crippen molar-refractivity contribution in [3.63, 3.8) is 0 Å². The van der Waals surface area contributed by atoms with E-state index in [9.17, 15) is 14.4 Å². The average Bonchev–Trinajstić information content (AvgIpc) is 2.60. The quantitative estimate of drug-likeness (QED) is 0.671. The van der Waals surface area contributed by atoms with E-state index in [0.717, 1.165) is 25.8 Å². The number of carbonyl (C=O) groups is 3. The van der Waals surface area contributed by atoms with E-state index < -0.39 is 6.04 Å². The Hall–Kier alpha value is -1.63. The molecule has 2 rings (SSSR count). The van der Waals surface area contributed by atoms with E-state index in [-0.39, 0.29) is 35.1 Å². The highest BCUT2D eigenvalue weighted by molar-refractivity contribution is 5.90. The van der Waals surface area contributed by atoms with Crippen molar-refractivity contribution < 1.29 is 14.4 Å². The number of hydrogen-bond acceptors (Lipinski definition) is 4. The fourth-order valence-electron chi connectivity index (χ4n) is 4.49. The Morgan fingerprint density at radius 3 is 2.31 bits per heavy atom. The van der Waals surface area contributed by atoms with Crippen LogP contribution in [0.5, 0.6) is 0 Å². The lowest BCUT2D eigenvalue weighted by molar-refractivity contribution is -0.151. The fourth-order valence-corrected chi connectivity index (χ4v) is 4.49. The van der Waals surface area contributed by atoms with Crippen LogP contribution in [-0.4, -0.2) is 65.8 Å². The van der Waals surface area contributed by atoms with Crippen LogP contribution in [0.15, 0.2) is 0 Å². The number of amides is 3. The van der Waals surface area contributed by atoms with Crippen molar-refractivity contribution in [1.82, 2.24) is 15.1 Å². The largest absolute Gasteiger partial charge is 0.370 e. The van der Waals surface area contributed by atoms with Gasteiger partial charge in [0.2, 0.25) is 17.7 Å². The van der Waals surface area contributed by atoms with Crippen molar-refractivity contribution in [2.24, 2.45) is 23.0 Å². The number of primary amides is 1. The summed E-state index contributed by atoms with van der Waals surface area (Å²) >= 11 is 0. The molecule has 7 heteroatoms. The number of likely N-dealkylation sites (tertiary alicyclic amines) is 1. The SMILES string of the molecule is CC(C)CC1NCCN(C(CC(C)(C)C)C(=O)N2CCC(CC(N)=O)CC2)C1=O. The fraction of sp³-hybridized carbons (Fsp3) is 0.864. The molecular weight excluding hydrogens is 368 g/mol. The Bertz CT molecular complexity index is 591. The third kappa shape index (κ3) is 6.98. The molecule has 2 aliphatic heterocycles. The number of hydrogen-bond donors (Lipinski definition) is 2. The highest BCUT2D eigenvalue weighted by Crippen LogP contribution is 2.28. The van der Waals surface area contributed by atoms with Crippen molar-refractivity contribution in [3.05, 3.63) is 0 Å². The summed E-state index contributed by atoms with van der Waals surface area (Å²) in [6.45, 7) is 13.1. The highest BCUT2D eigenvalue weighted by atomic mass is 16.2. The number of piperazine rings is 1. The van der Waals surface area contributed by atoms with Gasteiger partial charge in [0.25, 0.3) is 0 Å². The molecule has 166 valence electrons. The summed E-state index contributed by atoms with van der Waals surface area (Å²) < 4.78 is 0. The van der Waals surface area contributed by atoms with Gasteiger partial charge in [-0.2, -0.15) is 0 Å². The van der Waals surface area contributed by atoms with Crippen LogP contribution in [0.1, 0.15) is 66.7 Å². The Kier molecular flexibility index (Phi) is 8.09. The standard InChI is InChI=1S/C22H40N4O3/c1-15(2)12-17-20(28)26(11-8-24-17)18(14-22(3,4)5)21(29)25-9-6-16(7-10-25)13-19(23)27/h15-18,24H,6-14H2,1-5H3,(H2,23,27). The van der Waals surface area contributed by atoms with E-state index in [2.05, 4.69) is 39.9 Å². The van der Waals surface area contributed by atoms with Gasteiger partial charge in [-0.15, -0.1) is 0 Å². The van der Waals surface area contributed by atoms with E-state index >= 15 is 0 Å². The molecule has 2 atom stereocenters. The summed E-state index contributed by atoms with van der Waals surface area (Å²) in [5.41, 5.74) is 5.26. The molecule has 0 aromatic rings. The minimum absolute atomic E-state index is 0.0518. The monoisotopic (exact) mass is 408 g/mol. The van der Waals surface area contributed by atoms with Crippen LogP contribution in [0, 0.1) is 17.3 Å². The van der Waals surface area contributed by atoms with Crippen LogP contribution in [0.3, 0.4) is 0 Å². The lowest BCUT2D eigenvalue weighted by Crippen LogP contribution is -2.62. The third-order valence-electron chi connectivity index (χ3n) is 5.91. The van der Waals surface area contributed by atoms with Gasteiger partial charge in [-0.1, -0.05) is 34.6 Å². The number of rotatable bonds is 7. The molecule has 2 heterocycles. The molecular formula is C22H40N4O3. The van der Waals surface area contributed by atoms with Gasteiger partial charge in [0.05, 0.1) is 6.04 Å². The number of piperidine rings is 1. The second kappa shape index (κ2) is 9.92. The highest BCUT2D eigenvalue weighted by Gasteiger charge is 2.40. The van der Waals surface area contributed by atoms with E-state index in [1.165, 1.54) is 0 Å². The van der Waals surface area contributed by atoms with Crippen molar-refractivity contribution in [2.45, 2.75) is 78.8 Å². The Balaban J connectivity index is 2.12. The lowest BCUT2D eigenvalue weighted by atomic mass is 9.85. The topological polar surface area (TPSA) is 95.7 Å². The maximum atomic E-state index is 13.5. The maximum Gasteiger partial charge on any atom is 0.245 e. The van der Waals surface area contributed by atoms with Gasteiger partial charge in [0.15, 0.2) is 0 Å². The first-order valence-electron chi connectivity index (χ1n) is 11.1. The van der Waals surface area contributed by atoms with Crippen molar-refractivity contribution in [3.8, 4) is 0 Å². The average molecular weight is 409 g/mol. The molecule has 0 radical (unpaired) electrons. The van der Waals surface area contributed by atoms with Crippen LogP contribution in [-0.2, 0) is 14.4 Å². The first-order valence-corrected chi connectivity index (χ1v) is 11.1. The first kappa shape index (κ1) is 23.6. The summed E-state index contributed by atoms with van der Waals surface area (Å²) in [5.74, 6) is 0.501. The van der Waals surface area contributed by atoms with Gasteiger partial charge < -0.3 is 20.9 Å². The zero-order valence-corrected chi connectivity index (χ0v) is 18.9. The lowest BCUT2D eigenvalue weighted by Gasteiger charge is -2.43. The molecule has 3 N–H and O–H groups in total. The van der Waals surface area contributed by atoms with Gasteiger partial charge in [-0.05, 0) is 42.9 Å². The number of nitrogens with one attached hydrogen (secondary N) is 1. The van der Waals surface area contributed by atoms with Crippen LogP contribution < -0.4 is 11.1 Å². The Labute approximate surface area is 175 Å². The van der Waals surface area contributed by atoms with E-state index in [0.29, 0.717) is 38.4 Å². The summed E-state index contributed by atoms with van der Waals surface area (Å²) in [5, 5.41) is 3.33.